The fraction of sp³-hybridized carbons (Fsp3) is 0.500. The van der Waals surface area contributed by atoms with Crippen LogP contribution in [0.25, 0.3) is 0 Å². The van der Waals surface area contributed by atoms with E-state index in [1.165, 1.54) is 0 Å². The molecule has 0 bridgehead atoms. The molecular weight excluding hydrogens is 259 g/mol. The summed E-state index contributed by atoms with van der Waals surface area (Å²) in [7, 11) is 0. The van der Waals surface area contributed by atoms with Gasteiger partial charge in [-0.15, -0.1) is 0 Å². The van der Waals surface area contributed by atoms with Gasteiger partial charge in [-0.25, -0.2) is 0 Å². The Kier molecular flexibility index (Phi) is 4.15. The van der Waals surface area contributed by atoms with Gasteiger partial charge >= 0.3 is 0 Å². The molecule has 0 aromatic heterocycles. The number of nitrogens with zero attached hydrogens (tertiary/aromatic N) is 1. The summed E-state index contributed by atoms with van der Waals surface area (Å²) in [5.74, 6) is 0.124. The fourth-order valence-corrected chi connectivity index (χ4v) is 2.86. The smallest absolute Gasteiger partial charge is 0.138 e. The largest absolute Gasteiger partial charge is 0.506 e. The first-order valence-electron chi connectivity index (χ1n) is 5.73. The molecule has 0 spiro atoms. The van der Waals surface area contributed by atoms with Crippen LogP contribution >= 0.6 is 23.2 Å². The van der Waals surface area contributed by atoms with Crippen LogP contribution < -0.4 is 5.73 Å². The van der Waals surface area contributed by atoms with Crippen LogP contribution in [-0.2, 0) is 6.54 Å². The summed E-state index contributed by atoms with van der Waals surface area (Å²) in [5.41, 5.74) is 6.49. The predicted molar refractivity (Wildman–Crippen MR) is 70.6 cm³/mol. The summed E-state index contributed by atoms with van der Waals surface area (Å²) >= 11 is 11.8. The minimum Gasteiger partial charge on any atom is -0.506 e. The van der Waals surface area contributed by atoms with E-state index in [1.54, 1.807) is 12.1 Å². The lowest BCUT2D eigenvalue weighted by Crippen LogP contribution is -2.34. The van der Waals surface area contributed by atoms with Crippen molar-refractivity contribution in [2.45, 2.75) is 25.4 Å². The van der Waals surface area contributed by atoms with E-state index in [4.69, 9.17) is 28.9 Å². The maximum absolute atomic E-state index is 9.89. The molecule has 1 aliphatic heterocycles. The summed E-state index contributed by atoms with van der Waals surface area (Å²) in [6, 6.07) is 3.70. The molecule has 2 rings (SSSR count). The Bertz CT molecular complexity index is 412. The average molecular weight is 275 g/mol. The number of nitrogens with two attached hydrogens (primary N) is 1. The van der Waals surface area contributed by atoms with Crippen LogP contribution in [0.2, 0.25) is 10.0 Å². The van der Waals surface area contributed by atoms with Crippen molar-refractivity contribution in [1.29, 1.82) is 0 Å². The first kappa shape index (κ1) is 13.0. The molecule has 5 heteroatoms. The van der Waals surface area contributed by atoms with Crippen LogP contribution in [0.5, 0.6) is 5.75 Å². The van der Waals surface area contributed by atoms with Gasteiger partial charge in [-0.3, -0.25) is 4.90 Å². The second-order valence-electron chi connectivity index (χ2n) is 4.40. The first-order chi connectivity index (χ1) is 8.11. The molecule has 1 fully saturated rings. The van der Waals surface area contributed by atoms with Gasteiger partial charge in [0.15, 0.2) is 0 Å². The Balaban J connectivity index is 2.18. The van der Waals surface area contributed by atoms with E-state index in [0.29, 0.717) is 29.2 Å². The molecule has 1 aromatic rings. The molecule has 1 atom stereocenters. The third-order valence-electron chi connectivity index (χ3n) is 3.25. The number of hydrogen-bond donors (Lipinski definition) is 2. The monoisotopic (exact) mass is 274 g/mol. The molecule has 3 N–H and O–H groups in total. The van der Waals surface area contributed by atoms with Gasteiger partial charge in [0.2, 0.25) is 0 Å². The van der Waals surface area contributed by atoms with Crippen molar-refractivity contribution in [3.8, 4) is 5.75 Å². The summed E-state index contributed by atoms with van der Waals surface area (Å²) in [6.45, 7) is 2.30. The maximum atomic E-state index is 9.89. The minimum atomic E-state index is 0.124. The van der Waals surface area contributed by atoms with E-state index in [2.05, 4.69) is 4.90 Å². The molecule has 0 aliphatic carbocycles. The topological polar surface area (TPSA) is 49.5 Å². The first-order valence-corrected chi connectivity index (χ1v) is 6.48. The van der Waals surface area contributed by atoms with E-state index in [1.807, 2.05) is 0 Å². The molecule has 1 saturated heterocycles. The standard InChI is InChI=1S/C12H16Cl2N2O/c13-9-4-8(12(17)11(14)5-9)7-16-3-1-2-10(16)6-15/h4-5,10,17H,1-3,6-7,15H2. The maximum Gasteiger partial charge on any atom is 0.138 e. The zero-order valence-corrected chi connectivity index (χ0v) is 11.0. The van der Waals surface area contributed by atoms with Crippen LogP contribution in [-0.4, -0.2) is 29.1 Å². The van der Waals surface area contributed by atoms with E-state index in [9.17, 15) is 5.11 Å². The number of halogens is 2. The Morgan fingerprint density at radius 2 is 2.18 bits per heavy atom. The highest BCUT2D eigenvalue weighted by Crippen LogP contribution is 2.33. The van der Waals surface area contributed by atoms with E-state index in [0.717, 1.165) is 24.9 Å². The summed E-state index contributed by atoms with van der Waals surface area (Å²) in [5, 5.41) is 10.7. The van der Waals surface area contributed by atoms with E-state index in [-0.39, 0.29) is 5.75 Å². The Morgan fingerprint density at radius 3 is 2.88 bits per heavy atom. The normalized spacial score (nSPS) is 21.0. The van der Waals surface area contributed by atoms with E-state index >= 15 is 0 Å². The second-order valence-corrected chi connectivity index (χ2v) is 5.24. The number of phenolic OH excluding ortho intramolecular Hbond substituents is 1. The average Bonchev–Trinajstić information content (AvgIpc) is 2.72. The van der Waals surface area contributed by atoms with Gasteiger partial charge in [0.25, 0.3) is 0 Å². The lowest BCUT2D eigenvalue weighted by Gasteiger charge is -2.23. The molecule has 0 saturated carbocycles. The van der Waals surface area contributed by atoms with Crippen molar-refractivity contribution in [3.05, 3.63) is 27.7 Å². The van der Waals surface area contributed by atoms with Crippen molar-refractivity contribution in [3.63, 3.8) is 0 Å². The quantitative estimate of drug-likeness (QED) is 0.891. The summed E-state index contributed by atoms with van der Waals surface area (Å²) < 4.78 is 0. The van der Waals surface area contributed by atoms with Crippen LogP contribution in [0.1, 0.15) is 18.4 Å². The summed E-state index contributed by atoms with van der Waals surface area (Å²) in [6.07, 6.45) is 2.27. The molecule has 0 amide bonds. The molecule has 3 nitrogen and oxygen atoms in total. The molecule has 1 unspecified atom stereocenters. The minimum absolute atomic E-state index is 0.124. The molecule has 94 valence electrons. The second kappa shape index (κ2) is 5.44. The van der Waals surface area contributed by atoms with Crippen LogP contribution in [0.15, 0.2) is 12.1 Å². The van der Waals surface area contributed by atoms with Gasteiger partial charge in [0, 0.05) is 29.7 Å². The highest BCUT2D eigenvalue weighted by atomic mass is 35.5. The zero-order valence-electron chi connectivity index (χ0n) is 9.50. The van der Waals surface area contributed by atoms with Gasteiger partial charge in [0.05, 0.1) is 5.02 Å². The molecular formula is C12H16Cl2N2O. The van der Waals surface area contributed by atoms with Gasteiger partial charge < -0.3 is 10.8 Å². The highest BCUT2D eigenvalue weighted by Gasteiger charge is 2.24. The fourth-order valence-electron chi connectivity index (χ4n) is 2.33. The Labute approximate surface area is 111 Å². The number of phenols is 1. The molecule has 1 heterocycles. The Hall–Kier alpha value is -0.480. The zero-order chi connectivity index (χ0) is 12.4. The molecule has 17 heavy (non-hydrogen) atoms. The SMILES string of the molecule is NCC1CCCN1Cc1cc(Cl)cc(Cl)c1O. The lowest BCUT2D eigenvalue weighted by atomic mass is 10.1. The number of benzene rings is 1. The van der Waals surface area contributed by atoms with Crippen molar-refractivity contribution in [1.82, 2.24) is 4.90 Å². The van der Waals surface area contributed by atoms with Crippen LogP contribution in [0.4, 0.5) is 0 Å². The lowest BCUT2D eigenvalue weighted by molar-refractivity contribution is 0.247. The third-order valence-corrected chi connectivity index (χ3v) is 3.76. The molecule has 0 radical (unpaired) electrons. The van der Waals surface area contributed by atoms with Crippen molar-refractivity contribution in [2.75, 3.05) is 13.1 Å². The molecule has 1 aromatic carbocycles. The summed E-state index contributed by atoms with van der Waals surface area (Å²) in [4.78, 5) is 2.27. The van der Waals surface area contributed by atoms with Crippen molar-refractivity contribution in [2.24, 2.45) is 5.73 Å². The highest BCUT2D eigenvalue weighted by molar-refractivity contribution is 6.35. The van der Waals surface area contributed by atoms with Gasteiger partial charge in [-0.2, -0.15) is 0 Å². The number of rotatable bonds is 3. The van der Waals surface area contributed by atoms with Gasteiger partial charge in [-0.05, 0) is 31.5 Å². The number of likely N-dealkylation sites (tertiary alicyclic amines) is 1. The van der Waals surface area contributed by atoms with Crippen molar-refractivity contribution < 1.29 is 5.11 Å². The number of hydrogen-bond acceptors (Lipinski definition) is 3. The van der Waals surface area contributed by atoms with Crippen LogP contribution in [0, 0.1) is 0 Å². The van der Waals surface area contributed by atoms with Gasteiger partial charge in [0.1, 0.15) is 5.75 Å². The van der Waals surface area contributed by atoms with Gasteiger partial charge in [-0.1, -0.05) is 23.2 Å². The predicted octanol–water partition coefficient (Wildman–Crippen LogP) is 2.62. The van der Waals surface area contributed by atoms with E-state index < -0.39 is 0 Å². The van der Waals surface area contributed by atoms with Crippen LogP contribution in [0.3, 0.4) is 0 Å². The Morgan fingerprint density at radius 1 is 1.41 bits per heavy atom. The van der Waals surface area contributed by atoms with Crippen molar-refractivity contribution >= 4 is 23.2 Å². The molecule has 1 aliphatic rings. The number of aromatic hydroxyl groups is 1. The third kappa shape index (κ3) is 2.86.